The number of aliphatic hydroxyl groups is 1. The first kappa shape index (κ1) is 22.2. The number of benzene rings is 3. The molecule has 0 aliphatic heterocycles. The van der Waals surface area contributed by atoms with Crippen LogP contribution < -0.4 is 19.1 Å². The minimum Gasteiger partial charge on any atom is -0.493 e. The zero-order chi connectivity index (χ0) is 22.2. The maximum atomic E-state index is 11.5. The zero-order valence-corrected chi connectivity index (χ0v) is 17.9. The Balaban J connectivity index is 1.63. The molecule has 0 aliphatic rings. The number of ether oxygens (including phenoxy) is 3. The number of carbonyl (C=O) groups is 1. The molecule has 0 saturated heterocycles. The number of methoxy groups -OCH3 is 1. The predicted octanol–water partition coefficient (Wildman–Crippen LogP) is 4.57. The fraction of sp³-hybridized carbons (Fsp3) is 0.240. The van der Waals surface area contributed by atoms with Crippen LogP contribution in [0.3, 0.4) is 0 Å². The van der Waals surface area contributed by atoms with Crippen molar-refractivity contribution in [2.24, 2.45) is 0 Å². The maximum absolute atomic E-state index is 11.5. The molecule has 0 saturated carbocycles. The molecule has 6 heteroatoms. The highest BCUT2D eigenvalue weighted by molar-refractivity contribution is 5.94. The van der Waals surface area contributed by atoms with Gasteiger partial charge in [-0.1, -0.05) is 30.3 Å². The van der Waals surface area contributed by atoms with E-state index in [0.717, 1.165) is 11.4 Å². The molecule has 1 atom stereocenters. The van der Waals surface area contributed by atoms with Crippen LogP contribution in [0.5, 0.6) is 23.0 Å². The Kier molecular flexibility index (Phi) is 7.51. The third kappa shape index (κ3) is 5.99. The van der Waals surface area contributed by atoms with E-state index in [1.807, 2.05) is 66.5 Å². The van der Waals surface area contributed by atoms with E-state index in [1.165, 1.54) is 14.0 Å². The molecule has 0 spiro atoms. The van der Waals surface area contributed by atoms with Crippen LogP contribution in [0.1, 0.15) is 17.3 Å². The summed E-state index contributed by atoms with van der Waals surface area (Å²) in [7, 11) is 3.40. The number of nitrogens with zero attached hydrogens (tertiary/aromatic N) is 1. The lowest BCUT2D eigenvalue weighted by Gasteiger charge is -2.25. The highest BCUT2D eigenvalue weighted by Gasteiger charge is 2.15. The van der Waals surface area contributed by atoms with Crippen LogP contribution >= 0.6 is 0 Å². The Morgan fingerprint density at radius 3 is 2.39 bits per heavy atom. The summed E-state index contributed by atoms with van der Waals surface area (Å²) in [6.45, 7) is 1.90. The van der Waals surface area contributed by atoms with Gasteiger partial charge >= 0.3 is 0 Å². The smallest absolute Gasteiger partial charge is 0.161 e. The second-order valence-corrected chi connectivity index (χ2v) is 7.15. The number of ketones is 1. The fourth-order valence-corrected chi connectivity index (χ4v) is 3.13. The first-order chi connectivity index (χ1) is 15.0. The average molecular weight is 421 g/mol. The molecule has 0 fully saturated rings. The van der Waals surface area contributed by atoms with Crippen molar-refractivity contribution in [1.82, 2.24) is 0 Å². The SMILES string of the molecule is COc1cc(C(C)=O)ccc1OCC(O)CN(C)c1ccccc1Oc1ccccc1. The summed E-state index contributed by atoms with van der Waals surface area (Å²) in [5.41, 5.74) is 1.40. The first-order valence-electron chi connectivity index (χ1n) is 10.0. The van der Waals surface area contributed by atoms with Gasteiger partial charge in [-0.25, -0.2) is 0 Å². The Bertz CT molecular complexity index is 1010. The summed E-state index contributed by atoms with van der Waals surface area (Å²) in [5.74, 6) is 2.32. The number of hydrogen-bond donors (Lipinski definition) is 1. The number of aliphatic hydroxyl groups excluding tert-OH is 1. The number of hydrogen-bond acceptors (Lipinski definition) is 6. The van der Waals surface area contributed by atoms with Gasteiger partial charge in [-0.3, -0.25) is 4.79 Å². The minimum absolute atomic E-state index is 0.0529. The van der Waals surface area contributed by atoms with Crippen molar-refractivity contribution in [2.75, 3.05) is 32.2 Å². The Morgan fingerprint density at radius 1 is 0.968 bits per heavy atom. The van der Waals surface area contributed by atoms with Crippen LogP contribution in [0.4, 0.5) is 5.69 Å². The molecule has 0 aliphatic carbocycles. The van der Waals surface area contributed by atoms with E-state index in [2.05, 4.69) is 0 Å². The van der Waals surface area contributed by atoms with Gasteiger partial charge in [0.1, 0.15) is 18.5 Å². The molecule has 6 nitrogen and oxygen atoms in total. The summed E-state index contributed by atoms with van der Waals surface area (Å²) >= 11 is 0. The van der Waals surface area contributed by atoms with E-state index in [0.29, 0.717) is 29.4 Å². The molecule has 0 heterocycles. The molecule has 0 radical (unpaired) electrons. The summed E-state index contributed by atoms with van der Waals surface area (Å²) in [5, 5.41) is 10.5. The summed E-state index contributed by atoms with van der Waals surface area (Å²) in [6.07, 6.45) is -0.757. The van der Waals surface area contributed by atoms with Crippen LogP contribution in [0, 0.1) is 0 Å². The second kappa shape index (κ2) is 10.5. The normalized spacial score (nSPS) is 11.5. The van der Waals surface area contributed by atoms with Gasteiger partial charge in [0.15, 0.2) is 23.0 Å². The lowest BCUT2D eigenvalue weighted by Crippen LogP contribution is -2.33. The van der Waals surface area contributed by atoms with Crippen LogP contribution in [0.25, 0.3) is 0 Å². The van der Waals surface area contributed by atoms with E-state index in [1.54, 1.807) is 18.2 Å². The largest absolute Gasteiger partial charge is 0.493 e. The number of rotatable bonds is 10. The molecule has 1 N–H and O–H groups in total. The number of likely N-dealkylation sites (N-methyl/N-ethyl adjacent to an activating group) is 1. The van der Waals surface area contributed by atoms with Gasteiger partial charge in [0.05, 0.1) is 12.8 Å². The quantitative estimate of drug-likeness (QED) is 0.484. The summed E-state index contributed by atoms with van der Waals surface area (Å²) in [4.78, 5) is 13.5. The number of anilines is 1. The second-order valence-electron chi connectivity index (χ2n) is 7.15. The van der Waals surface area contributed by atoms with Crippen molar-refractivity contribution < 1.29 is 24.1 Å². The van der Waals surface area contributed by atoms with Gasteiger partial charge in [0.25, 0.3) is 0 Å². The highest BCUT2D eigenvalue weighted by atomic mass is 16.5. The predicted molar refractivity (Wildman–Crippen MR) is 121 cm³/mol. The topological polar surface area (TPSA) is 68.2 Å². The van der Waals surface area contributed by atoms with Gasteiger partial charge in [0.2, 0.25) is 0 Å². The van der Waals surface area contributed by atoms with Crippen molar-refractivity contribution in [3.8, 4) is 23.0 Å². The molecular weight excluding hydrogens is 394 g/mol. The Morgan fingerprint density at radius 2 is 1.68 bits per heavy atom. The van der Waals surface area contributed by atoms with Gasteiger partial charge in [-0.2, -0.15) is 0 Å². The molecule has 1 unspecified atom stereocenters. The van der Waals surface area contributed by atoms with Crippen LogP contribution in [-0.2, 0) is 0 Å². The maximum Gasteiger partial charge on any atom is 0.161 e. The molecule has 3 aromatic rings. The molecule has 31 heavy (non-hydrogen) atoms. The third-order valence-corrected chi connectivity index (χ3v) is 4.73. The van der Waals surface area contributed by atoms with Crippen LogP contribution in [-0.4, -0.2) is 44.3 Å². The lowest BCUT2D eigenvalue weighted by molar-refractivity contribution is 0.101. The van der Waals surface area contributed by atoms with Crippen molar-refractivity contribution in [3.05, 3.63) is 78.4 Å². The highest BCUT2D eigenvalue weighted by Crippen LogP contribution is 2.32. The van der Waals surface area contributed by atoms with Crippen molar-refractivity contribution >= 4 is 11.5 Å². The van der Waals surface area contributed by atoms with E-state index < -0.39 is 6.10 Å². The monoisotopic (exact) mass is 421 g/mol. The standard InChI is InChI=1S/C25H27NO5/c1-18(27)19-13-14-24(25(15-19)29-3)30-17-20(28)16-26(2)22-11-7-8-12-23(22)31-21-9-5-4-6-10-21/h4-15,20,28H,16-17H2,1-3H3. The number of para-hydroxylation sites is 3. The van der Waals surface area contributed by atoms with Crippen molar-refractivity contribution in [1.29, 1.82) is 0 Å². The molecule has 0 bridgehead atoms. The molecule has 3 aromatic carbocycles. The molecule has 0 aromatic heterocycles. The van der Waals surface area contributed by atoms with Crippen LogP contribution in [0.2, 0.25) is 0 Å². The van der Waals surface area contributed by atoms with Crippen molar-refractivity contribution in [2.45, 2.75) is 13.0 Å². The third-order valence-electron chi connectivity index (χ3n) is 4.73. The Hall–Kier alpha value is -3.51. The average Bonchev–Trinajstić information content (AvgIpc) is 2.78. The lowest BCUT2D eigenvalue weighted by atomic mass is 10.1. The number of Topliss-reactive ketones (excluding diaryl/α,β-unsaturated/α-hetero) is 1. The van der Waals surface area contributed by atoms with E-state index >= 15 is 0 Å². The van der Waals surface area contributed by atoms with Crippen molar-refractivity contribution in [3.63, 3.8) is 0 Å². The summed E-state index contributed by atoms with van der Waals surface area (Å²) < 4.78 is 17.1. The van der Waals surface area contributed by atoms with E-state index in [9.17, 15) is 9.90 Å². The first-order valence-corrected chi connectivity index (χ1v) is 10.0. The fourth-order valence-electron chi connectivity index (χ4n) is 3.13. The van der Waals surface area contributed by atoms with Crippen LogP contribution in [0.15, 0.2) is 72.8 Å². The molecule has 3 rings (SSSR count). The minimum atomic E-state index is -0.757. The Labute approximate surface area is 182 Å². The van der Waals surface area contributed by atoms with Gasteiger partial charge in [-0.05, 0) is 49.4 Å². The molecule has 162 valence electrons. The van der Waals surface area contributed by atoms with Gasteiger partial charge in [-0.15, -0.1) is 0 Å². The molecular formula is C25H27NO5. The zero-order valence-electron chi connectivity index (χ0n) is 17.9. The van der Waals surface area contributed by atoms with E-state index in [4.69, 9.17) is 14.2 Å². The van der Waals surface area contributed by atoms with Gasteiger partial charge in [0, 0.05) is 19.2 Å². The molecule has 0 amide bonds. The van der Waals surface area contributed by atoms with Gasteiger partial charge < -0.3 is 24.2 Å². The number of carbonyl (C=O) groups excluding carboxylic acids is 1. The van der Waals surface area contributed by atoms with E-state index in [-0.39, 0.29) is 12.4 Å². The summed E-state index contributed by atoms with van der Waals surface area (Å²) in [6, 6.07) is 22.2.